The van der Waals surface area contributed by atoms with Gasteiger partial charge in [0.2, 0.25) is 0 Å². The van der Waals surface area contributed by atoms with Crippen molar-refractivity contribution in [3.8, 4) is 0 Å². The summed E-state index contributed by atoms with van der Waals surface area (Å²) in [5.41, 5.74) is 1.05. The summed E-state index contributed by atoms with van der Waals surface area (Å²) in [4.78, 5) is 6.61. The molecule has 2 unspecified atom stereocenters. The molecule has 24 heavy (non-hydrogen) atoms. The van der Waals surface area contributed by atoms with Gasteiger partial charge in [0.1, 0.15) is 6.10 Å². The Balaban J connectivity index is 1.87. The van der Waals surface area contributed by atoms with Gasteiger partial charge < -0.3 is 5.11 Å². The molecule has 3 heteroatoms. The number of hydroxylamine groups is 2. The lowest BCUT2D eigenvalue weighted by molar-refractivity contribution is -0.324. The van der Waals surface area contributed by atoms with Crippen molar-refractivity contribution in [3.63, 3.8) is 0 Å². The van der Waals surface area contributed by atoms with Gasteiger partial charge in [-0.25, -0.2) is 0 Å². The van der Waals surface area contributed by atoms with E-state index in [9.17, 15) is 5.11 Å². The molecule has 0 bridgehead atoms. The van der Waals surface area contributed by atoms with Crippen LogP contribution in [0.1, 0.15) is 83.8 Å². The smallest absolute Gasteiger partial charge is 0.102 e. The number of benzene rings is 1. The van der Waals surface area contributed by atoms with Crippen LogP contribution in [-0.2, 0) is 4.84 Å². The molecule has 1 aliphatic heterocycles. The van der Waals surface area contributed by atoms with Gasteiger partial charge in [0.15, 0.2) is 0 Å². The third kappa shape index (κ3) is 3.68. The molecule has 1 aromatic rings. The van der Waals surface area contributed by atoms with E-state index >= 15 is 0 Å². The summed E-state index contributed by atoms with van der Waals surface area (Å²) in [6, 6.07) is 10.5. The highest BCUT2D eigenvalue weighted by Crippen LogP contribution is 2.47. The first-order valence-electron chi connectivity index (χ1n) is 9.63. The van der Waals surface area contributed by atoms with Crippen LogP contribution in [0.15, 0.2) is 30.3 Å². The molecule has 0 aromatic heterocycles. The lowest BCUT2D eigenvalue weighted by atomic mass is 9.74. The molecule has 2 atom stereocenters. The molecule has 1 aliphatic carbocycles. The summed E-state index contributed by atoms with van der Waals surface area (Å²) in [5.74, 6) is 0. The fourth-order valence-electron chi connectivity index (χ4n) is 4.89. The molecule has 0 amide bonds. The van der Waals surface area contributed by atoms with Crippen LogP contribution in [0.2, 0.25) is 0 Å². The van der Waals surface area contributed by atoms with E-state index in [2.05, 4.69) is 50.1 Å². The summed E-state index contributed by atoms with van der Waals surface area (Å²) in [6.45, 7) is 6.58. The summed E-state index contributed by atoms with van der Waals surface area (Å²) in [6.07, 6.45) is 8.79. The van der Waals surface area contributed by atoms with Crippen molar-refractivity contribution in [2.24, 2.45) is 0 Å². The Hall–Kier alpha value is -0.900. The molecule has 134 valence electrons. The maximum absolute atomic E-state index is 10.5. The highest BCUT2D eigenvalue weighted by atomic mass is 16.7. The molecule has 1 saturated heterocycles. The zero-order valence-electron chi connectivity index (χ0n) is 15.5. The maximum Gasteiger partial charge on any atom is 0.102 e. The van der Waals surface area contributed by atoms with E-state index in [-0.39, 0.29) is 23.3 Å². The number of hydrogen-bond acceptors (Lipinski definition) is 3. The summed E-state index contributed by atoms with van der Waals surface area (Å²) in [5, 5.41) is 12.8. The Morgan fingerprint density at radius 3 is 2.29 bits per heavy atom. The minimum atomic E-state index is -0.218. The van der Waals surface area contributed by atoms with Crippen molar-refractivity contribution >= 4 is 0 Å². The highest BCUT2D eigenvalue weighted by Gasteiger charge is 2.51. The third-order valence-electron chi connectivity index (χ3n) is 5.90. The SMILES string of the molecule is CC(ON1C(C)(C)CC(O)CC12CCCCCC2)c1ccccc1. The van der Waals surface area contributed by atoms with Gasteiger partial charge in [-0.1, -0.05) is 56.0 Å². The Kier molecular flexibility index (Phi) is 5.33. The zero-order chi connectivity index (χ0) is 17.2. The van der Waals surface area contributed by atoms with E-state index in [1.54, 1.807) is 0 Å². The second kappa shape index (κ2) is 7.15. The first-order valence-corrected chi connectivity index (χ1v) is 9.63. The largest absolute Gasteiger partial charge is 0.393 e. The zero-order valence-corrected chi connectivity index (χ0v) is 15.5. The lowest BCUT2D eigenvalue weighted by Gasteiger charge is -2.56. The Morgan fingerprint density at radius 2 is 1.67 bits per heavy atom. The fraction of sp³-hybridized carbons (Fsp3) is 0.714. The summed E-state index contributed by atoms with van der Waals surface area (Å²) < 4.78 is 0. The second-order valence-corrected chi connectivity index (χ2v) is 8.47. The first-order chi connectivity index (χ1) is 11.4. The molecule has 1 N–H and O–H groups in total. The topological polar surface area (TPSA) is 32.7 Å². The normalized spacial score (nSPS) is 28.4. The van der Waals surface area contributed by atoms with E-state index in [1.165, 1.54) is 31.2 Å². The Morgan fingerprint density at radius 1 is 1.04 bits per heavy atom. The van der Waals surface area contributed by atoms with Crippen LogP contribution < -0.4 is 0 Å². The van der Waals surface area contributed by atoms with Crippen molar-refractivity contribution in [2.45, 2.75) is 95.4 Å². The number of nitrogens with zero attached hydrogens (tertiary/aromatic N) is 1. The molecule has 0 radical (unpaired) electrons. The molecule has 2 aliphatic rings. The van der Waals surface area contributed by atoms with Gasteiger partial charge in [0.25, 0.3) is 0 Å². The maximum atomic E-state index is 10.5. The number of rotatable bonds is 3. The average molecular weight is 331 g/mol. The van der Waals surface area contributed by atoms with Gasteiger partial charge in [0, 0.05) is 11.1 Å². The molecule has 1 heterocycles. The van der Waals surface area contributed by atoms with Crippen LogP contribution in [0.3, 0.4) is 0 Å². The van der Waals surface area contributed by atoms with Gasteiger partial charge in [0.05, 0.1) is 6.10 Å². The van der Waals surface area contributed by atoms with Crippen LogP contribution in [0.4, 0.5) is 0 Å². The Bertz CT molecular complexity index is 520. The quantitative estimate of drug-likeness (QED) is 0.845. The summed E-state index contributed by atoms with van der Waals surface area (Å²) >= 11 is 0. The highest BCUT2D eigenvalue weighted by molar-refractivity contribution is 5.17. The van der Waals surface area contributed by atoms with E-state index in [4.69, 9.17) is 4.84 Å². The van der Waals surface area contributed by atoms with Crippen LogP contribution in [0.5, 0.6) is 0 Å². The molecule has 1 aromatic carbocycles. The monoisotopic (exact) mass is 331 g/mol. The number of aliphatic hydroxyl groups excluding tert-OH is 1. The molecule has 3 nitrogen and oxygen atoms in total. The van der Waals surface area contributed by atoms with Crippen LogP contribution in [0.25, 0.3) is 0 Å². The van der Waals surface area contributed by atoms with Crippen LogP contribution >= 0.6 is 0 Å². The number of hydrogen-bond donors (Lipinski definition) is 1. The van der Waals surface area contributed by atoms with Crippen molar-refractivity contribution in [3.05, 3.63) is 35.9 Å². The molecule has 2 fully saturated rings. The van der Waals surface area contributed by atoms with Crippen molar-refractivity contribution < 1.29 is 9.94 Å². The summed E-state index contributed by atoms with van der Waals surface area (Å²) in [7, 11) is 0. The second-order valence-electron chi connectivity index (χ2n) is 8.47. The van der Waals surface area contributed by atoms with Crippen molar-refractivity contribution in [2.75, 3.05) is 0 Å². The van der Waals surface area contributed by atoms with Crippen LogP contribution in [-0.4, -0.2) is 27.4 Å². The average Bonchev–Trinajstić information content (AvgIpc) is 2.77. The van der Waals surface area contributed by atoms with Gasteiger partial charge in [-0.3, -0.25) is 4.84 Å². The fourth-order valence-corrected chi connectivity index (χ4v) is 4.89. The van der Waals surface area contributed by atoms with Crippen molar-refractivity contribution in [1.82, 2.24) is 5.06 Å². The third-order valence-corrected chi connectivity index (χ3v) is 5.90. The minimum Gasteiger partial charge on any atom is -0.393 e. The molecule has 3 rings (SSSR count). The minimum absolute atomic E-state index is 0.0132. The predicted octanol–water partition coefficient (Wildman–Crippen LogP) is 5.01. The van der Waals surface area contributed by atoms with Crippen molar-refractivity contribution in [1.29, 1.82) is 0 Å². The van der Waals surface area contributed by atoms with E-state index < -0.39 is 0 Å². The van der Waals surface area contributed by atoms with E-state index in [1.807, 2.05) is 6.07 Å². The number of aliphatic hydroxyl groups is 1. The van der Waals surface area contributed by atoms with Gasteiger partial charge >= 0.3 is 0 Å². The number of piperidine rings is 1. The van der Waals surface area contributed by atoms with Gasteiger partial charge in [-0.15, -0.1) is 0 Å². The van der Waals surface area contributed by atoms with Gasteiger partial charge in [-0.2, -0.15) is 5.06 Å². The van der Waals surface area contributed by atoms with E-state index in [0.29, 0.717) is 0 Å². The van der Waals surface area contributed by atoms with Crippen LogP contribution in [0, 0.1) is 0 Å². The molecule has 1 spiro atoms. The van der Waals surface area contributed by atoms with E-state index in [0.717, 1.165) is 25.7 Å². The van der Waals surface area contributed by atoms with Gasteiger partial charge in [-0.05, 0) is 52.0 Å². The molecular formula is C21H33NO2. The molecular weight excluding hydrogens is 298 g/mol. The predicted molar refractivity (Wildman–Crippen MR) is 97.5 cm³/mol. The Labute approximate surface area is 147 Å². The lowest BCUT2D eigenvalue weighted by Crippen LogP contribution is -2.64. The molecule has 1 saturated carbocycles. The standard InChI is InChI=1S/C21H33NO2/c1-17(18-11-7-6-8-12-18)24-22-20(2,3)15-19(23)16-21(22)13-9-4-5-10-14-21/h6-8,11-12,17,19,23H,4-5,9-10,13-16H2,1-3H3. The first kappa shape index (κ1) is 17.9.